The van der Waals surface area contributed by atoms with Crippen LogP contribution in [0.3, 0.4) is 0 Å². The Morgan fingerprint density at radius 2 is 1.76 bits per heavy atom. The van der Waals surface area contributed by atoms with Crippen LogP contribution in [0.2, 0.25) is 0 Å². The molecule has 1 rings (SSSR count). The van der Waals surface area contributed by atoms with E-state index in [4.69, 9.17) is 5.73 Å². The minimum atomic E-state index is -2.82. The molecule has 0 atom stereocenters. The van der Waals surface area contributed by atoms with Crippen LogP contribution in [0.5, 0.6) is 0 Å². The molecule has 1 aliphatic carbocycles. The van der Waals surface area contributed by atoms with E-state index in [9.17, 15) is 8.42 Å². The SMILES string of the molecule is CC(C)(CN)CCCCS(=O)(=O)C1CCCC1. The van der Waals surface area contributed by atoms with Gasteiger partial charge in [0.15, 0.2) is 9.84 Å². The molecule has 4 heteroatoms. The molecule has 0 aliphatic heterocycles. The molecule has 0 spiro atoms. The molecule has 0 aromatic rings. The van der Waals surface area contributed by atoms with E-state index in [1.807, 2.05) is 0 Å². The molecule has 1 saturated carbocycles. The van der Waals surface area contributed by atoms with Crippen molar-refractivity contribution in [1.82, 2.24) is 0 Å². The topological polar surface area (TPSA) is 60.2 Å². The van der Waals surface area contributed by atoms with Crippen molar-refractivity contribution in [1.29, 1.82) is 0 Å². The summed E-state index contributed by atoms with van der Waals surface area (Å²) in [5, 5.41) is -0.0370. The third-order valence-corrected chi connectivity index (χ3v) is 6.24. The van der Waals surface area contributed by atoms with Gasteiger partial charge in [0, 0.05) is 0 Å². The average molecular weight is 261 g/mol. The third-order valence-electron chi connectivity index (χ3n) is 3.90. The first-order valence-corrected chi connectivity index (χ1v) is 8.50. The first-order chi connectivity index (χ1) is 7.87. The van der Waals surface area contributed by atoms with Crippen LogP contribution in [0.4, 0.5) is 0 Å². The lowest BCUT2D eigenvalue weighted by Crippen LogP contribution is -2.24. The van der Waals surface area contributed by atoms with Gasteiger partial charge in [0.25, 0.3) is 0 Å². The van der Waals surface area contributed by atoms with E-state index in [0.29, 0.717) is 12.3 Å². The Kier molecular flexibility index (Phi) is 5.45. The molecule has 2 N–H and O–H groups in total. The van der Waals surface area contributed by atoms with Crippen molar-refractivity contribution < 1.29 is 8.42 Å². The molecule has 0 aromatic carbocycles. The van der Waals surface area contributed by atoms with Crippen LogP contribution >= 0.6 is 0 Å². The largest absolute Gasteiger partial charge is 0.330 e. The first-order valence-electron chi connectivity index (χ1n) is 6.79. The number of hydrogen-bond donors (Lipinski definition) is 1. The lowest BCUT2D eigenvalue weighted by molar-refractivity contribution is 0.335. The van der Waals surface area contributed by atoms with E-state index < -0.39 is 9.84 Å². The minimum Gasteiger partial charge on any atom is -0.330 e. The van der Waals surface area contributed by atoms with E-state index in [1.54, 1.807) is 0 Å². The Labute approximate surface area is 106 Å². The van der Waals surface area contributed by atoms with Crippen LogP contribution in [0.15, 0.2) is 0 Å². The maximum absolute atomic E-state index is 12.0. The van der Waals surface area contributed by atoms with Crippen LogP contribution in [0.25, 0.3) is 0 Å². The molecule has 0 unspecified atom stereocenters. The van der Waals surface area contributed by atoms with E-state index in [0.717, 1.165) is 44.9 Å². The number of rotatable bonds is 7. The summed E-state index contributed by atoms with van der Waals surface area (Å²) in [4.78, 5) is 0. The fourth-order valence-electron chi connectivity index (χ4n) is 2.42. The predicted molar refractivity (Wildman–Crippen MR) is 72.7 cm³/mol. The van der Waals surface area contributed by atoms with Gasteiger partial charge in [-0.2, -0.15) is 0 Å². The van der Waals surface area contributed by atoms with Crippen molar-refractivity contribution in [2.75, 3.05) is 12.3 Å². The van der Waals surface area contributed by atoms with Gasteiger partial charge in [-0.1, -0.05) is 33.1 Å². The van der Waals surface area contributed by atoms with Crippen molar-refractivity contribution in [3.63, 3.8) is 0 Å². The fourth-order valence-corrected chi connectivity index (χ4v) is 4.41. The number of sulfone groups is 1. The highest BCUT2D eigenvalue weighted by molar-refractivity contribution is 7.92. The monoisotopic (exact) mass is 261 g/mol. The first kappa shape index (κ1) is 15.0. The smallest absolute Gasteiger partial charge is 0.153 e. The van der Waals surface area contributed by atoms with Gasteiger partial charge >= 0.3 is 0 Å². The van der Waals surface area contributed by atoms with Gasteiger partial charge < -0.3 is 5.73 Å². The molecule has 0 radical (unpaired) electrons. The van der Waals surface area contributed by atoms with Crippen LogP contribution in [-0.4, -0.2) is 26.0 Å². The molecule has 0 amide bonds. The number of unbranched alkanes of at least 4 members (excludes halogenated alkanes) is 1. The maximum atomic E-state index is 12.0. The van der Waals surface area contributed by atoms with E-state index >= 15 is 0 Å². The Hall–Kier alpha value is -0.0900. The van der Waals surface area contributed by atoms with Crippen molar-refractivity contribution >= 4 is 9.84 Å². The van der Waals surface area contributed by atoms with E-state index in [-0.39, 0.29) is 10.7 Å². The molecule has 0 aromatic heterocycles. The summed E-state index contributed by atoms with van der Waals surface area (Å²) >= 11 is 0. The highest BCUT2D eigenvalue weighted by Crippen LogP contribution is 2.27. The summed E-state index contributed by atoms with van der Waals surface area (Å²) in [6.07, 6.45) is 6.73. The number of hydrogen-bond acceptors (Lipinski definition) is 3. The van der Waals surface area contributed by atoms with Gasteiger partial charge in [-0.05, 0) is 37.6 Å². The maximum Gasteiger partial charge on any atom is 0.153 e. The second-order valence-electron chi connectivity index (χ2n) is 6.10. The molecule has 0 bridgehead atoms. The summed E-state index contributed by atoms with van der Waals surface area (Å²) in [6.45, 7) is 4.94. The summed E-state index contributed by atoms with van der Waals surface area (Å²) in [5.41, 5.74) is 5.81. The third kappa shape index (κ3) is 4.96. The van der Waals surface area contributed by atoms with Crippen molar-refractivity contribution in [2.45, 2.75) is 64.0 Å². The molecule has 102 valence electrons. The van der Waals surface area contributed by atoms with E-state index in [2.05, 4.69) is 13.8 Å². The van der Waals surface area contributed by atoms with Crippen molar-refractivity contribution in [2.24, 2.45) is 11.1 Å². The molecule has 0 heterocycles. The van der Waals surface area contributed by atoms with Gasteiger partial charge in [0.1, 0.15) is 0 Å². The van der Waals surface area contributed by atoms with Crippen molar-refractivity contribution in [3.8, 4) is 0 Å². The Balaban J connectivity index is 2.26. The lowest BCUT2D eigenvalue weighted by Gasteiger charge is -2.22. The standard InChI is InChI=1S/C13H27NO2S/c1-13(2,11-14)9-5-6-10-17(15,16)12-7-3-4-8-12/h12H,3-11,14H2,1-2H3. The van der Waals surface area contributed by atoms with E-state index in [1.165, 1.54) is 0 Å². The summed E-state index contributed by atoms with van der Waals surface area (Å²) in [7, 11) is -2.82. The van der Waals surface area contributed by atoms with Crippen LogP contribution < -0.4 is 5.73 Å². The second-order valence-corrected chi connectivity index (χ2v) is 8.50. The Bertz CT molecular complexity index is 316. The van der Waals surface area contributed by atoms with Crippen LogP contribution in [-0.2, 0) is 9.84 Å². The molecular weight excluding hydrogens is 234 g/mol. The highest BCUT2D eigenvalue weighted by Gasteiger charge is 2.28. The molecule has 1 fully saturated rings. The van der Waals surface area contributed by atoms with Gasteiger partial charge in [-0.15, -0.1) is 0 Å². The summed E-state index contributed by atoms with van der Waals surface area (Å²) in [6, 6.07) is 0. The van der Waals surface area contributed by atoms with Crippen molar-refractivity contribution in [3.05, 3.63) is 0 Å². The van der Waals surface area contributed by atoms with Crippen LogP contribution in [0.1, 0.15) is 58.8 Å². The lowest BCUT2D eigenvalue weighted by atomic mass is 9.88. The van der Waals surface area contributed by atoms with Gasteiger partial charge in [-0.25, -0.2) is 8.42 Å². The predicted octanol–water partition coefficient (Wildman–Crippen LogP) is 2.50. The van der Waals surface area contributed by atoms with Gasteiger partial charge in [-0.3, -0.25) is 0 Å². The molecular formula is C13H27NO2S. The van der Waals surface area contributed by atoms with Gasteiger partial charge in [0.2, 0.25) is 0 Å². The molecule has 3 nitrogen and oxygen atoms in total. The zero-order chi connectivity index (χ0) is 12.9. The Morgan fingerprint density at radius 1 is 1.18 bits per heavy atom. The highest BCUT2D eigenvalue weighted by atomic mass is 32.2. The van der Waals surface area contributed by atoms with Gasteiger partial charge in [0.05, 0.1) is 11.0 Å². The Morgan fingerprint density at radius 3 is 2.29 bits per heavy atom. The average Bonchev–Trinajstić information content (AvgIpc) is 2.78. The molecule has 0 saturated heterocycles. The summed E-state index contributed by atoms with van der Waals surface area (Å²) < 4.78 is 24.0. The minimum absolute atomic E-state index is 0.0370. The summed E-state index contributed by atoms with van der Waals surface area (Å²) in [5.74, 6) is 0.373. The fraction of sp³-hybridized carbons (Fsp3) is 1.00. The quantitative estimate of drug-likeness (QED) is 0.716. The zero-order valence-corrected chi connectivity index (χ0v) is 12.1. The molecule has 1 aliphatic rings. The normalized spacial score (nSPS) is 18.8. The van der Waals surface area contributed by atoms with Crippen LogP contribution in [0, 0.1) is 5.41 Å². The number of nitrogens with two attached hydrogens (primary N) is 1. The second kappa shape index (κ2) is 6.19. The molecule has 17 heavy (non-hydrogen) atoms. The zero-order valence-electron chi connectivity index (χ0n) is 11.2.